The van der Waals surface area contributed by atoms with E-state index in [-0.39, 0.29) is 30.3 Å². The largest absolute Gasteiger partial charge is 0.478 e. The number of alkyl carbamates (subject to hydrolysis) is 1. The molecule has 0 saturated carbocycles. The SMILES string of the molecule is C/C(=C\CNC(=O)OCC1c2ccccc2-c2ccccc21)C(=O)Nc1ccc(C(=O)O)c(F)c1. The van der Waals surface area contributed by atoms with Crippen molar-refractivity contribution in [3.63, 3.8) is 0 Å². The fraction of sp³-hybridized carbons (Fsp3) is 0.148. The zero-order valence-corrected chi connectivity index (χ0v) is 18.9. The average molecular weight is 474 g/mol. The highest BCUT2D eigenvalue weighted by molar-refractivity contribution is 6.03. The van der Waals surface area contributed by atoms with Gasteiger partial charge in [-0.1, -0.05) is 54.6 Å². The maximum atomic E-state index is 13.8. The van der Waals surface area contributed by atoms with Crippen molar-refractivity contribution < 1.29 is 28.6 Å². The maximum Gasteiger partial charge on any atom is 0.407 e. The van der Waals surface area contributed by atoms with Gasteiger partial charge >= 0.3 is 12.1 Å². The third-order valence-corrected chi connectivity index (χ3v) is 5.81. The second-order valence-electron chi connectivity index (χ2n) is 8.05. The number of carbonyl (C=O) groups excluding carboxylic acids is 2. The molecule has 0 atom stereocenters. The van der Waals surface area contributed by atoms with Crippen LogP contribution in [0.1, 0.15) is 34.3 Å². The normalized spacial score (nSPS) is 12.5. The van der Waals surface area contributed by atoms with Crippen molar-refractivity contribution in [3.05, 3.63) is 101 Å². The lowest BCUT2D eigenvalue weighted by Crippen LogP contribution is -2.26. The molecule has 2 amide bonds. The summed E-state index contributed by atoms with van der Waals surface area (Å²) in [5.74, 6) is -2.91. The Balaban J connectivity index is 1.29. The molecule has 0 unspecified atom stereocenters. The van der Waals surface area contributed by atoms with Crippen molar-refractivity contribution in [2.24, 2.45) is 0 Å². The summed E-state index contributed by atoms with van der Waals surface area (Å²) in [7, 11) is 0. The lowest BCUT2D eigenvalue weighted by molar-refractivity contribution is -0.112. The van der Waals surface area contributed by atoms with Gasteiger partial charge in [-0.05, 0) is 47.4 Å². The van der Waals surface area contributed by atoms with Crippen LogP contribution in [-0.4, -0.2) is 36.2 Å². The number of anilines is 1. The topological polar surface area (TPSA) is 105 Å². The van der Waals surface area contributed by atoms with Gasteiger partial charge in [0.25, 0.3) is 5.91 Å². The second-order valence-corrected chi connectivity index (χ2v) is 8.05. The van der Waals surface area contributed by atoms with Crippen LogP contribution in [0, 0.1) is 5.82 Å². The zero-order valence-electron chi connectivity index (χ0n) is 18.9. The van der Waals surface area contributed by atoms with Crippen LogP contribution in [0.2, 0.25) is 0 Å². The van der Waals surface area contributed by atoms with E-state index in [0.717, 1.165) is 34.4 Å². The Morgan fingerprint density at radius 1 is 1.00 bits per heavy atom. The molecule has 0 bridgehead atoms. The second kappa shape index (κ2) is 10.2. The Morgan fingerprint density at radius 2 is 1.63 bits per heavy atom. The van der Waals surface area contributed by atoms with Gasteiger partial charge in [0.05, 0.1) is 5.56 Å². The van der Waals surface area contributed by atoms with Gasteiger partial charge in [-0.15, -0.1) is 0 Å². The minimum absolute atomic E-state index is 0.0517. The Labute approximate surface area is 201 Å². The molecule has 35 heavy (non-hydrogen) atoms. The molecule has 0 aliphatic heterocycles. The molecule has 8 heteroatoms. The fourth-order valence-electron chi connectivity index (χ4n) is 4.03. The first-order chi connectivity index (χ1) is 16.8. The molecular formula is C27H23FN2O5. The van der Waals surface area contributed by atoms with Crippen LogP contribution in [0.5, 0.6) is 0 Å². The highest BCUT2D eigenvalue weighted by atomic mass is 19.1. The van der Waals surface area contributed by atoms with Crippen LogP contribution in [0.15, 0.2) is 78.4 Å². The van der Waals surface area contributed by atoms with Crippen molar-refractivity contribution in [3.8, 4) is 11.1 Å². The predicted molar refractivity (Wildman–Crippen MR) is 129 cm³/mol. The molecule has 7 nitrogen and oxygen atoms in total. The number of benzene rings is 3. The molecule has 0 fully saturated rings. The van der Waals surface area contributed by atoms with Crippen molar-refractivity contribution in [2.75, 3.05) is 18.5 Å². The number of hydrogen-bond acceptors (Lipinski definition) is 4. The number of nitrogens with one attached hydrogen (secondary N) is 2. The number of rotatable bonds is 7. The summed E-state index contributed by atoms with van der Waals surface area (Å²) in [4.78, 5) is 35.4. The van der Waals surface area contributed by atoms with E-state index in [2.05, 4.69) is 22.8 Å². The van der Waals surface area contributed by atoms with Crippen LogP contribution in [-0.2, 0) is 9.53 Å². The summed E-state index contributed by atoms with van der Waals surface area (Å²) in [5, 5.41) is 13.9. The number of amides is 2. The first kappa shape index (κ1) is 23.7. The van der Waals surface area contributed by atoms with Gasteiger partial charge in [0.1, 0.15) is 12.4 Å². The van der Waals surface area contributed by atoms with E-state index in [0.29, 0.717) is 0 Å². The van der Waals surface area contributed by atoms with Gasteiger partial charge in [-0.3, -0.25) is 4.79 Å². The van der Waals surface area contributed by atoms with Gasteiger partial charge in [-0.2, -0.15) is 0 Å². The van der Waals surface area contributed by atoms with Crippen molar-refractivity contribution >= 4 is 23.7 Å². The monoisotopic (exact) mass is 474 g/mol. The van der Waals surface area contributed by atoms with Crippen molar-refractivity contribution in [1.29, 1.82) is 0 Å². The fourth-order valence-corrected chi connectivity index (χ4v) is 4.03. The van der Waals surface area contributed by atoms with Crippen LogP contribution >= 0.6 is 0 Å². The quantitative estimate of drug-likeness (QED) is 0.421. The minimum Gasteiger partial charge on any atom is -0.478 e. The van der Waals surface area contributed by atoms with Gasteiger partial charge in [0.2, 0.25) is 0 Å². The average Bonchev–Trinajstić information content (AvgIpc) is 3.16. The van der Waals surface area contributed by atoms with E-state index in [4.69, 9.17) is 9.84 Å². The van der Waals surface area contributed by atoms with Crippen LogP contribution in [0.25, 0.3) is 11.1 Å². The van der Waals surface area contributed by atoms with E-state index < -0.39 is 29.4 Å². The molecule has 0 heterocycles. The Bertz CT molecular complexity index is 1290. The summed E-state index contributed by atoms with van der Waals surface area (Å²) in [6, 6.07) is 19.4. The van der Waals surface area contributed by atoms with Gasteiger partial charge in [0, 0.05) is 23.7 Å². The van der Waals surface area contributed by atoms with Gasteiger partial charge < -0.3 is 20.5 Å². The molecule has 0 saturated heterocycles. The standard InChI is InChI=1S/C27H23FN2O5/c1-16(25(31)30-17-10-11-22(26(32)33)24(28)14-17)12-13-29-27(34)35-15-23-20-8-4-2-6-18(20)19-7-3-5-9-21(19)23/h2-12,14,23H,13,15H2,1H3,(H,29,34)(H,30,31)(H,32,33)/b16-12+. The lowest BCUT2D eigenvalue weighted by atomic mass is 9.98. The number of carboxylic acid groups (broad SMARTS) is 1. The lowest BCUT2D eigenvalue weighted by Gasteiger charge is -2.14. The number of hydrogen-bond donors (Lipinski definition) is 3. The molecule has 178 valence electrons. The van der Waals surface area contributed by atoms with Crippen molar-refractivity contribution in [2.45, 2.75) is 12.8 Å². The smallest absolute Gasteiger partial charge is 0.407 e. The Morgan fingerprint density at radius 3 is 2.23 bits per heavy atom. The molecule has 0 aromatic heterocycles. The molecule has 1 aliphatic rings. The first-order valence-corrected chi connectivity index (χ1v) is 10.9. The van der Waals surface area contributed by atoms with Crippen LogP contribution < -0.4 is 10.6 Å². The number of ether oxygens (including phenoxy) is 1. The summed E-state index contributed by atoms with van der Waals surface area (Å²) in [6.07, 6.45) is 0.890. The van der Waals surface area contributed by atoms with Crippen LogP contribution in [0.4, 0.5) is 14.9 Å². The summed E-state index contributed by atoms with van der Waals surface area (Å²) >= 11 is 0. The zero-order chi connectivity index (χ0) is 24.9. The number of aromatic carboxylic acids is 1. The van der Waals surface area contributed by atoms with Crippen molar-refractivity contribution in [1.82, 2.24) is 5.32 Å². The first-order valence-electron chi connectivity index (χ1n) is 10.9. The van der Waals surface area contributed by atoms with E-state index in [1.54, 1.807) is 0 Å². The molecule has 3 N–H and O–H groups in total. The number of carboxylic acids is 1. The number of halogens is 1. The molecule has 3 aromatic carbocycles. The maximum absolute atomic E-state index is 13.8. The molecule has 0 radical (unpaired) electrons. The molecule has 3 aromatic rings. The van der Waals surface area contributed by atoms with Gasteiger partial charge in [-0.25, -0.2) is 14.0 Å². The molecule has 1 aliphatic carbocycles. The molecule has 0 spiro atoms. The van der Waals surface area contributed by atoms with E-state index >= 15 is 0 Å². The van der Waals surface area contributed by atoms with E-state index in [1.165, 1.54) is 19.1 Å². The third kappa shape index (κ3) is 5.22. The van der Waals surface area contributed by atoms with E-state index in [9.17, 15) is 18.8 Å². The summed E-state index contributed by atoms with van der Waals surface area (Å²) in [5.41, 5.74) is 4.42. The Hall–Kier alpha value is -4.46. The minimum atomic E-state index is -1.39. The molecular weight excluding hydrogens is 451 g/mol. The molecule has 4 rings (SSSR count). The number of carbonyl (C=O) groups is 3. The highest BCUT2D eigenvalue weighted by Crippen LogP contribution is 2.44. The van der Waals surface area contributed by atoms with E-state index in [1.807, 2.05) is 36.4 Å². The highest BCUT2D eigenvalue weighted by Gasteiger charge is 2.28. The predicted octanol–water partition coefficient (Wildman–Crippen LogP) is 4.95. The number of fused-ring (bicyclic) bond motifs is 3. The Kier molecular flexibility index (Phi) is 6.91. The summed E-state index contributed by atoms with van der Waals surface area (Å²) < 4.78 is 19.2. The van der Waals surface area contributed by atoms with Crippen LogP contribution in [0.3, 0.4) is 0 Å². The third-order valence-electron chi connectivity index (χ3n) is 5.81. The van der Waals surface area contributed by atoms with Gasteiger partial charge in [0.15, 0.2) is 0 Å². The summed E-state index contributed by atoms with van der Waals surface area (Å²) in [6.45, 7) is 1.78.